The van der Waals surface area contributed by atoms with E-state index in [2.05, 4.69) is 148 Å². The van der Waals surface area contributed by atoms with Crippen molar-refractivity contribution in [2.24, 2.45) is 23.7 Å². The number of terminal acetylenes is 1. The number of alkyl carbamates (subject to hydrolysis) is 4. The van der Waals surface area contributed by atoms with Crippen LogP contribution in [0.5, 0.6) is 0 Å². The van der Waals surface area contributed by atoms with Crippen molar-refractivity contribution < 1.29 is 57.3 Å². The summed E-state index contributed by atoms with van der Waals surface area (Å²) in [6.45, 7) is 17.6. The molecule has 0 saturated carbocycles. The minimum atomic E-state index is -0.695. The van der Waals surface area contributed by atoms with E-state index < -0.39 is 48.5 Å². The lowest BCUT2D eigenvalue weighted by Gasteiger charge is -2.30. The first-order chi connectivity index (χ1) is 54.3. The van der Waals surface area contributed by atoms with E-state index in [0.717, 1.165) is 118 Å². The van der Waals surface area contributed by atoms with Crippen molar-refractivity contribution in [3.63, 3.8) is 0 Å². The third kappa shape index (κ3) is 20.9. The van der Waals surface area contributed by atoms with Crippen LogP contribution < -0.4 is 21.3 Å². The van der Waals surface area contributed by atoms with E-state index in [-0.39, 0.29) is 71.5 Å². The molecule has 12 rings (SSSR count). The molecule has 0 spiro atoms. The summed E-state index contributed by atoms with van der Waals surface area (Å²) in [5.41, 5.74) is 10.2. The van der Waals surface area contributed by atoms with Crippen molar-refractivity contribution in [1.29, 1.82) is 0 Å². The first-order valence-electron chi connectivity index (χ1n) is 38.2. The van der Waals surface area contributed by atoms with Crippen LogP contribution in [-0.2, 0) is 38.1 Å². The number of carbonyl (C=O) groups excluding carboxylic acids is 8. The maximum atomic E-state index is 13.5. The fraction of sp³-hybridized carbons (Fsp3) is 0.429. The van der Waals surface area contributed by atoms with Gasteiger partial charge >= 0.3 is 24.4 Å². The van der Waals surface area contributed by atoms with Gasteiger partial charge in [0.25, 0.3) is 0 Å². The smallest absolute Gasteiger partial charge is 0.407 e. The van der Waals surface area contributed by atoms with Crippen LogP contribution in [0.15, 0.2) is 126 Å². The Morgan fingerprint density at radius 1 is 0.389 bits per heavy atom. The normalized spacial score (nSPS) is 17.5. The number of hydrogen-bond acceptors (Lipinski definition) is 16. The Hall–Kier alpha value is -11.7. The highest BCUT2D eigenvalue weighted by Gasteiger charge is 2.42. The molecule has 8 aromatic rings. The summed E-state index contributed by atoms with van der Waals surface area (Å²) >= 11 is 3.47. The van der Waals surface area contributed by atoms with Crippen LogP contribution in [0.2, 0.25) is 0 Å². The van der Waals surface area contributed by atoms with E-state index in [1.807, 2.05) is 115 Å². The monoisotopic (exact) mass is 1600 g/mol. The average molecular weight is 1610 g/mol. The van der Waals surface area contributed by atoms with Gasteiger partial charge in [0.2, 0.25) is 23.6 Å². The van der Waals surface area contributed by atoms with E-state index in [4.69, 9.17) is 20.6 Å². The molecule has 0 aliphatic carbocycles. The van der Waals surface area contributed by atoms with E-state index in [9.17, 15) is 38.4 Å². The van der Waals surface area contributed by atoms with Crippen molar-refractivity contribution in [2.75, 3.05) is 54.6 Å². The lowest BCUT2D eigenvalue weighted by atomic mass is 10.0. The number of nitrogens with one attached hydrogen (secondary N) is 8. The number of imidazole rings is 4. The molecule has 0 unspecified atom stereocenters. The minimum Gasteiger partial charge on any atom is -0.453 e. The molecular formula is C84H101BrN16O12. The molecule has 29 heteroatoms. The van der Waals surface area contributed by atoms with Gasteiger partial charge in [-0.2, -0.15) is 0 Å². The van der Waals surface area contributed by atoms with Crippen molar-refractivity contribution >= 4 is 63.9 Å². The Bertz CT molecular complexity index is 4700. The van der Waals surface area contributed by atoms with Gasteiger partial charge in [-0.1, -0.05) is 156 Å². The zero-order chi connectivity index (χ0) is 81.2. The van der Waals surface area contributed by atoms with Crippen LogP contribution in [-0.4, -0.2) is 186 Å². The van der Waals surface area contributed by atoms with Gasteiger partial charge in [-0.15, -0.1) is 6.42 Å². The SMILES string of the molecule is C#Cc1cnc([C@@H]2CCCN2C(=O)[C@@H](NC(=O)OC)C(C)C)[nH]1.COC(=O)N[C@H](C(=O)N1CCC[C@H]1c1ncc(-c2ccc(-c3ccc(Br)cc3)cc2)[nH]1)C(C)C.COC(=O)N[C@H](C(=O)N1CCC[C@H]1c1ncc(C#Cc2ccc(-c3ccc(-c4cnc([C@@H]5CCCN5C(=O)[C@@H](NC(=O)OC)C(C)C)[nH]4)cc3)cc2)[nH]1)C(C)C. The van der Waals surface area contributed by atoms with E-state index in [1.54, 1.807) is 33.3 Å². The molecule has 8 heterocycles. The lowest BCUT2D eigenvalue weighted by Crippen LogP contribution is -2.51. The van der Waals surface area contributed by atoms with Crippen LogP contribution >= 0.6 is 15.9 Å². The summed E-state index contributed by atoms with van der Waals surface area (Å²) in [7, 11) is 5.14. The summed E-state index contributed by atoms with van der Waals surface area (Å²) in [5, 5.41) is 10.7. The molecule has 113 heavy (non-hydrogen) atoms. The Labute approximate surface area is 667 Å². The lowest BCUT2D eigenvalue weighted by molar-refractivity contribution is -0.136. The Balaban J connectivity index is 0.000000200. The number of halogens is 1. The molecule has 596 valence electrons. The molecule has 4 aromatic heterocycles. The molecule has 4 aromatic carbocycles. The number of methoxy groups -OCH3 is 4. The number of likely N-dealkylation sites (tertiary alicyclic amines) is 4. The van der Waals surface area contributed by atoms with Crippen LogP contribution in [0.1, 0.15) is 171 Å². The Morgan fingerprint density at radius 2 is 0.655 bits per heavy atom. The summed E-state index contributed by atoms with van der Waals surface area (Å²) in [4.78, 5) is 139. The summed E-state index contributed by atoms with van der Waals surface area (Å²) in [6.07, 6.45) is 16.4. The van der Waals surface area contributed by atoms with Crippen LogP contribution in [0.3, 0.4) is 0 Å². The third-order valence-corrected chi connectivity index (χ3v) is 21.2. The Morgan fingerprint density at radius 3 is 0.947 bits per heavy atom. The molecular weight excluding hydrogens is 1500 g/mol. The number of nitrogens with zero attached hydrogens (tertiary/aromatic N) is 8. The number of carbonyl (C=O) groups is 8. The number of benzene rings is 4. The summed E-state index contributed by atoms with van der Waals surface area (Å²) in [5.74, 6) is 10.8. The van der Waals surface area contributed by atoms with Crippen LogP contribution in [0, 0.1) is 47.9 Å². The second-order valence-corrected chi connectivity index (χ2v) is 30.5. The maximum absolute atomic E-state index is 13.5. The maximum Gasteiger partial charge on any atom is 0.407 e. The average Bonchev–Trinajstić information content (AvgIpc) is 1.68. The molecule has 8 atom stereocenters. The molecule has 4 fully saturated rings. The molecule has 4 saturated heterocycles. The zero-order valence-electron chi connectivity index (χ0n) is 65.9. The quantitative estimate of drug-likeness (QED) is 0.0260. The van der Waals surface area contributed by atoms with Crippen molar-refractivity contribution in [3.8, 4) is 69.0 Å². The molecule has 0 radical (unpaired) electrons. The van der Waals surface area contributed by atoms with Gasteiger partial charge in [0.1, 0.15) is 58.9 Å². The highest BCUT2D eigenvalue weighted by molar-refractivity contribution is 9.10. The molecule has 8 amide bonds. The molecule has 4 aliphatic heterocycles. The number of ether oxygens (including phenoxy) is 4. The highest BCUT2D eigenvalue weighted by Crippen LogP contribution is 2.38. The van der Waals surface area contributed by atoms with Crippen LogP contribution in [0.4, 0.5) is 19.2 Å². The molecule has 0 bridgehead atoms. The number of amides is 8. The van der Waals surface area contributed by atoms with Gasteiger partial charge in [0.15, 0.2) is 0 Å². The fourth-order valence-corrected chi connectivity index (χ4v) is 14.7. The van der Waals surface area contributed by atoms with Gasteiger partial charge in [-0.3, -0.25) is 19.2 Å². The van der Waals surface area contributed by atoms with E-state index >= 15 is 0 Å². The summed E-state index contributed by atoms with van der Waals surface area (Å²) < 4.78 is 19.9. The standard InChI is InChI=1S/C42H50N8O6.C26H29BrN4O3.C16H22N4O3/c1-25(2)35(47-41(53)55-5)39(51)49-21-7-9-33(49)37-43-23-31(45-37)20-13-27-11-14-28(15-12-27)29-16-18-30(19-17-29)32-24-44-38(46-32)34-10-8-22-50(34)40(52)36(26(3)4)48-42(54)56-6;1-16(2)23(30-26(33)34-3)25(32)31-14-4-5-22(31)24-28-15-21(29-24)19-8-6-17(7-9-19)18-10-12-20(27)13-11-18;1-5-11-9-17-14(18-11)12-7-6-8-20(12)15(21)13(10(2)3)19-16(22)23-4/h11-12,14-19,23-26,33-36H,7-10,21-22H2,1-6H3,(H,43,45)(H,44,46)(H,47,53)(H,48,54);6-13,15-16,22-23H,4-5,14H2,1-3H3,(H,28,29)(H,30,33);1,9-10,12-13H,6-8H2,2-4H3,(H,17,18)(H,19,22)/t33-,34-,35-,36-;22-,23-;12-,13-/m000/s1. The number of rotatable bonds is 20. The second kappa shape index (κ2) is 39.0. The molecule has 28 nitrogen and oxygen atoms in total. The summed E-state index contributed by atoms with van der Waals surface area (Å²) in [6, 6.07) is 29.4. The van der Waals surface area contributed by atoms with Crippen LogP contribution in [0.25, 0.3) is 44.8 Å². The van der Waals surface area contributed by atoms with Crippen molar-refractivity contribution in [2.45, 2.75) is 155 Å². The minimum absolute atomic E-state index is 0.0549. The number of aromatic amines is 4. The number of hydrogen-bond donors (Lipinski definition) is 8. The van der Waals surface area contributed by atoms with E-state index in [0.29, 0.717) is 49.2 Å². The van der Waals surface area contributed by atoms with Gasteiger partial charge < -0.3 is 79.8 Å². The van der Waals surface area contributed by atoms with Crippen molar-refractivity contribution in [1.82, 2.24) is 80.7 Å². The number of H-pyrrole nitrogens is 4. The second-order valence-electron chi connectivity index (χ2n) is 29.6. The number of aromatic nitrogens is 8. The van der Waals surface area contributed by atoms with Gasteiger partial charge in [-0.05, 0) is 139 Å². The van der Waals surface area contributed by atoms with Crippen molar-refractivity contribution in [3.05, 3.63) is 167 Å². The predicted molar refractivity (Wildman–Crippen MR) is 429 cm³/mol. The highest BCUT2D eigenvalue weighted by atomic mass is 79.9. The molecule has 8 N–H and O–H groups in total. The zero-order valence-corrected chi connectivity index (χ0v) is 67.5. The first-order valence-corrected chi connectivity index (χ1v) is 39.0. The first kappa shape index (κ1) is 83.7. The van der Waals surface area contributed by atoms with Gasteiger partial charge in [0, 0.05) is 36.2 Å². The largest absolute Gasteiger partial charge is 0.453 e. The van der Waals surface area contributed by atoms with E-state index in [1.165, 1.54) is 28.4 Å². The predicted octanol–water partition coefficient (Wildman–Crippen LogP) is 12.9. The molecule has 4 aliphatic rings. The topological polar surface area (TPSA) is 349 Å². The van der Waals surface area contributed by atoms with Gasteiger partial charge in [0.05, 0.1) is 88.8 Å². The fourth-order valence-electron chi connectivity index (χ4n) is 14.4. The Kier molecular flexibility index (Phi) is 28.9. The van der Waals surface area contributed by atoms with Gasteiger partial charge in [-0.25, -0.2) is 39.1 Å². The third-order valence-electron chi connectivity index (χ3n) is 20.6.